The van der Waals surface area contributed by atoms with Gasteiger partial charge < -0.3 is 4.57 Å². The van der Waals surface area contributed by atoms with Crippen LogP contribution < -0.4 is 0 Å². The van der Waals surface area contributed by atoms with Crippen molar-refractivity contribution >= 4 is 64.2 Å². The van der Waals surface area contributed by atoms with Gasteiger partial charge in [-0.1, -0.05) is 140 Å². The Morgan fingerprint density at radius 1 is 0.389 bits per heavy atom. The van der Waals surface area contributed by atoms with Gasteiger partial charge in [-0.15, -0.1) is 11.3 Å². The van der Waals surface area contributed by atoms with Gasteiger partial charge in [0.1, 0.15) is 0 Å². The first-order valence-electron chi connectivity index (χ1n) is 18.2. The molecule has 54 heavy (non-hydrogen) atoms. The van der Waals surface area contributed by atoms with Crippen LogP contribution in [0.15, 0.2) is 188 Å². The van der Waals surface area contributed by atoms with Crippen LogP contribution >= 0.6 is 11.3 Å². The van der Waals surface area contributed by atoms with Crippen molar-refractivity contribution in [3.05, 3.63) is 188 Å². The lowest BCUT2D eigenvalue weighted by Gasteiger charge is -2.12. The predicted molar refractivity (Wildman–Crippen MR) is 229 cm³/mol. The maximum absolute atomic E-state index is 5.27. The first-order chi connectivity index (χ1) is 26.8. The number of fused-ring (bicyclic) bond motifs is 7. The van der Waals surface area contributed by atoms with E-state index in [9.17, 15) is 0 Å². The zero-order chi connectivity index (χ0) is 35.6. The Bertz CT molecular complexity index is 3200. The molecule has 3 aromatic heterocycles. The van der Waals surface area contributed by atoms with E-state index in [4.69, 9.17) is 9.97 Å². The topological polar surface area (TPSA) is 30.7 Å². The van der Waals surface area contributed by atoms with E-state index in [1.165, 1.54) is 53.1 Å². The summed E-state index contributed by atoms with van der Waals surface area (Å²) in [5, 5.41) is 6.11. The fraction of sp³-hybridized carbons (Fsp3) is 0. The number of aromatic nitrogens is 3. The molecule has 0 saturated heterocycles. The van der Waals surface area contributed by atoms with Gasteiger partial charge in [0.15, 0.2) is 5.82 Å². The first-order valence-corrected chi connectivity index (χ1v) is 19.1. The lowest BCUT2D eigenvalue weighted by atomic mass is 9.97. The van der Waals surface area contributed by atoms with Gasteiger partial charge in [-0.25, -0.2) is 9.97 Å². The van der Waals surface area contributed by atoms with Crippen molar-refractivity contribution in [2.24, 2.45) is 0 Å². The van der Waals surface area contributed by atoms with Gasteiger partial charge in [-0.05, 0) is 70.8 Å². The summed E-state index contributed by atoms with van der Waals surface area (Å²) in [5.74, 6) is 0.722. The summed E-state index contributed by atoms with van der Waals surface area (Å²) in [7, 11) is 0. The van der Waals surface area contributed by atoms with Crippen LogP contribution in [0.4, 0.5) is 0 Å². The number of hydrogen-bond donors (Lipinski definition) is 0. The quantitative estimate of drug-likeness (QED) is 0.178. The molecule has 4 heteroatoms. The zero-order valence-corrected chi connectivity index (χ0v) is 30.0. The highest BCUT2D eigenvalue weighted by molar-refractivity contribution is 7.26. The molecule has 8 aromatic carbocycles. The molecule has 3 nitrogen and oxygen atoms in total. The van der Waals surface area contributed by atoms with Crippen LogP contribution in [0.1, 0.15) is 0 Å². The average Bonchev–Trinajstić information content (AvgIpc) is 3.79. The summed E-state index contributed by atoms with van der Waals surface area (Å²) in [4.78, 5) is 10.4. The normalized spacial score (nSPS) is 11.7. The van der Waals surface area contributed by atoms with Crippen LogP contribution in [-0.2, 0) is 0 Å². The minimum atomic E-state index is 0.722. The third kappa shape index (κ3) is 4.96. The smallest absolute Gasteiger partial charge is 0.160 e. The summed E-state index contributed by atoms with van der Waals surface area (Å²) in [5.41, 5.74) is 12.2. The summed E-state index contributed by atoms with van der Waals surface area (Å²) >= 11 is 1.86. The van der Waals surface area contributed by atoms with Crippen molar-refractivity contribution in [2.75, 3.05) is 0 Å². The minimum absolute atomic E-state index is 0.722. The van der Waals surface area contributed by atoms with Gasteiger partial charge in [0.05, 0.1) is 22.2 Å². The maximum atomic E-state index is 5.27. The lowest BCUT2D eigenvalue weighted by Crippen LogP contribution is -1.96. The fourth-order valence-electron chi connectivity index (χ4n) is 8.03. The highest BCUT2D eigenvalue weighted by Crippen LogP contribution is 2.41. The molecule has 0 fully saturated rings. The minimum Gasteiger partial charge on any atom is -0.309 e. The van der Waals surface area contributed by atoms with E-state index < -0.39 is 0 Å². The Labute approximate surface area is 316 Å². The zero-order valence-electron chi connectivity index (χ0n) is 29.1. The Morgan fingerprint density at radius 3 is 1.85 bits per heavy atom. The summed E-state index contributed by atoms with van der Waals surface area (Å²) in [6.45, 7) is 0. The number of rotatable bonds is 5. The van der Waals surface area contributed by atoms with Crippen LogP contribution in [-0.4, -0.2) is 14.5 Å². The van der Waals surface area contributed by atoms with Crippen molar-refractivity contribution in [1.29, 1.82) is 0 Å². The van der Waals surface area contributed by atoms with Gasteiger partial charge in [-0.3, -0.25) is 0 Å². The second kappa shape index (κ2) is 12.4. The number of nitrogens with zero attached hydrogens (tertiary/aromatic N) is 3. The number of thiophene rings is 1. The highest BCUT2D eigenvalue weighted by Gasteiger charge is 2.17. The lowest BCUT2D eigenvalue weighted by molar-refractivity contribution is 1.18. The molecule has 0 aliphatic rings. The van der Waals surface area contributed by atoms with Gasteiger partial charge in [-0.2, -0.15) is 0 Å². The third-order valence-electron chi connectivity index (χ3n) is 10.6. The molecule has 0 aliphatic carbocycles. The second-order valence-electron chi connectivity index (χ2n) is 13.8. The van der Waals surface area contributed by atoms with Crippen LogP contribution in [0.2, 0.25) is 0 Å². The largest absolute Gasteiger partial charge is 0.309 e. The number of hydrogen-bond acceptors (Lipinski definition) is 3. The van der Waals surface area contributed by atoms with Crippen molar-refractivity contribution in [1.82, 2.24) is 14.5 Å². The molecule has 0 spiro atoms. The van der Waals surface area contributed by atoms with Crippen molar-refractivity contribution in [2.45, 2.75) is 0 Å². The van der Waals surface area contributed by atoms with Crippen molar-refractivity contribution < 1.29 is 0 Å². The monoisotopic (exact) mass is 705 g/mol. The molecule has 0 unspecified atom stereocenters. The molecule has 0 bridgehead atoms. The molecule has 0 saturated carbocycles. The van der Waals surface area contributed by atoms with Gasteiger partial charge >= 0.3 is 0 Å². The van der Waals surface area contributed by atoms with E-state index >= 15 is 0 Å². The molecule has 0 N–H and O–H groups in total. The molecule has 0 atom stereocenters. The van der Waals surface area contributed by atoms with Crippen LogP contribution in [0, 0.1) is 0 Å². The summed E-state index contributed by atoms with van der Waals surface area (Å²) in [6.07, 6.45) is 0. The molecule has 11 rings (SSSR count). The fourth-order valence-corrected chi connectivity index (χ4v) is 9.27. The van der Waals surface area contributed by atoms with E-state index in [1.807, 2.05) is 29.5 Å². The van der Waals surface area contributed by atoms with E-state index in [1.54, 1.807) is 0 Å². The maximum Gasteiger partial charge on any atom is 0.160 e. The Morgan fingerprint density at radius 2 is 1.02 bits per heavy atom. The Hall–Kier alpha value is -6.88. The number of para-hydroxylation sites is 2. The van der Waals surface area contributed by atoms with E-state index in [2.05, 4.69) is 174 Å². The van der Waals surface area contributed by atoms with Gasteiger partial charge in [0, 0.05) is 53.1 Å². The highest BCUT2D eigenvalue weighted by atomic mass is 32.1. The second-order valence-corrected chi connectivity index (χ2v) is 14.8. The van der Waals surface area contributed by atoms with Crippen LogP contribution in [0.25, 0.3) is 103 Å². The standard InChI is InChI=1S/C50H31N3S/c1-3-12-34(13-4-1)50-51-44-28-26-35(36-27-29-46-42(30-36)39-16-7-9-20-45(39)53(46)37-14-5-2-6-15-37)31-43(44)48(52-50)33-24-22-32(23-25-33)38-18-11-19-41-40-17-8-10-21-47(40)54-49(38)41/h1-31H. The Balaban J connectivity index is 1.06. The molecule has 0 aliphatic heterocycles. The molecular formula is C50H31N3S. The first kappa shape index (κ1) is 30.7. The van der Waals surface area contributed by atoms with Crippen LogP contribution in [0.5, 0.6) is 0 Å². The molecule has 252 valence electrons. The third-order valence-corrected chi connectivity index (χ3v) is 11.8. The van der Waals surface area contributed by atoms with Crippen LogP contribution in [0.3, 0.4) is 0 Å². The average molecular weight is 706 g/mol. The SMILES string of the molecule is c1ccc(-c2nc(-c3ccc(-c4cccc5c4sc4ccccc45)cc3)c3cc(-c4ccc5c(c4)c4ccccc4n5-c4ccccc4)ccc3n2)cc1. The molecule has 0 amide bonds. The summed E-state index contributed by atoms with van der Waals surface area (Å²) in [6, 6.07) is 67.2. The Kier molecular flexibility index (Phi) is 7.04. The predicted octanol–water partition coefficient (Wildman–Crippen LogP) is 13.8. The van der Waals surface area contributed by atoms with Crippen molar-refractivity contribution in [3.8, 4) is 50.6 Å². The van der Waals surface area contributed by atoms with E-state index in [0.29, 0.717) is 0 Å². The summed E-state index contributed by atoms with van der Waals surface area (Å²) < 4.78 is 4.99. The molecule has 3 heterocycles. The van der Waals surface area contributed by atoms with Crippen molar-refractivity contribution in [3.63, 3.8) is 0 Å². The molecule has 0 radical (unpaired) electrons. The van der Waals surface area contributed by atoms with Gasteiger partial charge in [0.25, 0.3) is 0 Å². The number of benzene rings is 8. The molecule has 11 aromatic rings. The van der Waals surface area contributed by atoms with E-state index in [0.717, 1.165) is 50.4 Å². The molecular weight excluding hydrogens is 675 g/mol. The van der Waals surface area contributed by atoms with E-state index in [-0.39, 0.29) is 0 Å². The van der Waals surface area contributed by atoms with Gasteiger partial charge in [0.2, 0.25) is 0 Å².